The summed E-state index contributed by atoms with van der Waals surface area (Å²) in [6.07, 6.45) is 11.6. The van der Waals surface area contributed by atoms with Gasteiger partial charge in [0.05, 0.1) is 22.4 Å². The summed E-state index contributed by atoms with van der Waals surface area (Å²) in [5.74, 6) is 0.554. The van der Waals surface area contributed by atoms with E-state index < -0.39 is 0 Å². The van der Waals surface area contributed by atoms with Gasteiger partial charge in [-0.15, -0.1) is 0 Å². The zero-order chi connectivity index (χ0) is 41.0. The van der Waals surface area contributed by atoms with Gasteiger partial charge in [-0.25, -0.2) is 0 Å². The molecule has 1 heterocycles. The predicted octanol–water partition coefficient (Wildman–Crippen LogP) is 16.0. The van der Waals surface area contributed by atoms with Crippen LogP contribution >= 0.6 is 0 Å². The van der Waals surface area contributed by atoms with Gasteiger partial charge in [0, 0.05) is 45.1 Å². The Kier molecular flexibility index (Phi) is 8.67. The molecule has 2 aliphatic carbocycles. The van der Waals surface area contributed by atoms with Crippen molar-refractivity contribution in [3.05, 3.63) is 254 Å². The quantitative estimate of drug-likeness (QED) is 0.156. The first-order valence-corrected chi connectivity index (χ1v) is 21.6. The summed E-state index contributed by atoms with van der Waals surface area (Å²) >= 11 is 0. The Balaban J connectivity index is 1.02. The van der Waals surface area contributed by atoms with Crippen molar-refractivity contribution in [1.29, 1.82) is 0 Å². The first-order chi connectivity index (χ1) is 30.8. The molecule has 2 heteroatoms. The van der Waals surface area contributed by atoms with Gasteiger partial charge < -0.3 is 9.47 Å². The summed E-state index contributed by atoms with van der Waals surface area (Å²) in [4.78, 5) is 2.50. The maximum Gasteiger partial charge on any atom is 0.0547 e. The van der Waals surface area contributed by atoms with Gasteiger partial charge in [-0.05, 0) is 98.8 Å². The summed E-state index contributed by atoms with van der Waals surface area (Å²) in [6, 6.07) is 77.8. The minimum Gasteiger partial charge on any atom is -0.310 e. The summed E-state index contributed by atoms with van der Waals surface area (Å²) < 4.78 is 2.40. The van der Waals surface area contributed by atoms with E-state index in [1.54, 1.807) is 0 Å². The third-order valence-electron chi connectivity index (χ3n) is 12.9. The molecule has 0 fully saturated rings. The van der Waals surface area contributed by atoms with Gasteiger partial charge in [-0.3, -0.25) is 0 Å². The highest BCUT2D eigenvalue weighted by molar-refractivity contribution is 6.16. The van der Waals surface area contributed by atoms with E-state index in [0.29, 0.717) is 5.92 Å². The fourth-order valence-electron chi connectivity index (χ4n) is 10.0. The van der Waals surface area contributed by atoms with Crippen LogP contribution in [0.3, 0.4) is 0 Å². The van der Waals surface area contributed by atoms with Gasteiger partial charge in [-0.2, -0.15) is 0 Å². The lowest BCUT2D eigenvalue weighted by Gasteiger charge is -2.37. The number of rotatable bonds is 7. The minimum absolute atomic E-state index is 0.248. The third kappa shape index (κ3) is 6.03. The van der Waals surface area contributed by atoms with E-state index in [0.717, 1.165) is 17.1 Å². The zero-order valence-corrected chi connectivity index (χ0v) is 34.1. The Labute approximate surface area is 362 Å². The molecular formula is C60H42N2. The average Bonchev–Trinajstić information content (AvgIpc) is 3.69. The van der Waals surface area contributed by atoms with Crippen molar-refractivity contribution >= 4 is 49.7 Å². The smallest absolute Gasteiger partial charge is 0.0547 e. The monoisotopic (exact) mass is 790 g/mol. The lowest BCUT2D eigenvalue weighted by molar-refractivity contribution is 0.686. The van der Waals surface area contributed by atoms with Crippen molar-refractivity contribution < 1.29 is 0 Å². The molecule has 12 rings (SSSR count). The molecule has 0 N–H and O–H groups in total. The standard InChI is InChI=1S/C60H42N2/c1-2-21-48(22-3-1)61-57-30-13-11-27-55(57)60-52(28-15-31-58(60)61)46-20-14-19-45(39-46)51-24-10-12-29-56(51)62(59-40-47-18-6-7-23-50(47)53-25-8-9-26-54(53)59)49-36-34-42(35-37-49)44-33-32-41-16-4-5-17-43(41)38-44/h1-40,47,50H. The number of benzene rings is 9. The Morgan fingerprint density at radius 1 is 0.419 bits per heavy atom. The number of para-hydroxylation sites is 3. The molecule has 2 nitrogen and oxygen atoms in total. The van der Waals surface area contributed by atoms with Crippen LogP contribution < -0.4 is 4.90 Å². The fraction of sp³-hybridized carbons (Fsp3) is 0.0333. The van der Waals surface area contributed by atoms with Crippen molar-refractivity contribution in [2.45, 2.75) is 5.92 Å². The first-order valence-electron chi connectivity index (χ1n) is 21.6. The number of anilines is 2. The van der Waals surface area contributed by atoms with Crippen LogP contribution in [0.4, 0.5) is 11.4 Å². The molecule has 62 heavy (non-hydrogen) atoms. The van der Waals surface area contributed by atoms with Crippen LogP contribution in [0.1, 0.15) is 17.0 Å². The van der Waals surface area contributed by atoms with Gasteiger partial charge in [0.15, 0.2) is 0 Å². The summed E-state index contributed by atoms with van der Waals surface area (Å²) in [5, 5.41) is 5.01. The second kappa shape index (κ2) is 15.0. The number of fused-ring (bicyclic) bond motifs is 7. The van der Waals surface area contributed by atoms with Crippen molar-refractivity contribution in [1.82, 2.24) is 4.57 Å². The van der Waals surface area contributed by atoms with Gasteiger partial charge in [0.25, 0.3) is 0 Å². The largest absolute Gasteiger partial charge is 0.310 e. The maximum absolute atomic E-state index is 2.50. The molecule has 0 amide bonds. The summed E-state index contributed by atoms with van der Waals surface area (Å²) in [6.45, 7) is 0. The lowest BCUT2D eigenvalue weighted by atomic mass is 9.75. The SMILES string of the molecule is C1=CC2C=C(N(c3ccc(-c4ccc5ccccc5c4)cc3)c3ccccc3-c3cccc(-c4cccc5c4c4ccccc4n5-c4ccccc4)c3)c3ccccc3C2C=C1. The van der Waals surface area contributed by atoms with Crippen molar-refractivity contribution in [2.24, 2.45) is 5.92 Å². The molecule has 2 aliphatic rings. The van der Waals surface area contributed by atoms with E-state index in [4.69, 9.17) is 0 Å². The van der Waals surface area contributed by atoms with Gasteiger partial charge in [0.1, 0.15) is 0 Å². The number of hydrogen-bond acceptors (Lipinski definition) is 1. The molecule has 0 saturated heterocycles. The van der Waals surface area contributed by atoms with Crippen LogP contribution in [-0.2, 0) is 0 Å². The van der Waals surface area contributed by atoms with Crippen LogP contribution in [0.2, 0.25) is 0 Å². The molecule has 10 aromatic rings. The molecule has 2 atom stereocenters. The van der Waals surface area contributed by atoms with E-state index in [9.17, 15) is 0 Å². The lowest BCUT2D eigenvalue weighted by Crippen LogP contribution is -2.24. The third-order valence-corrected chi connectivity index (χ3v) is 12.9. The highest BCUT2D eigenvalue weighted by atomic mass is 15.2. The molecule has 0 bridgehead atoms. The second-order valence-corrected chi connectivity index (χ2v) is 16.4. The van der Waals surface area contributed by atoms with Crippen LogP contribution in [-0.4, -0.2) is 4.57 Å². The van der Waals surface area contributed by atoms with Crippen LogP contribution in [0.5, 0.6) is 0 Å². The number of aromatic nitrogens is 1. The van der Waals surface area contributed by atoms with Crippen LogP contribution in [0.25, 0.3) is 77.3 Å². The van der Waals surface area contributed by atoms with E-state index >= 15 is 0 Å². The Morgan fingerprint density at radius 2 is 1.08 bits per heavy atom. The van der Waals surface area contributed by atoms with E-state index in [2.05, 4.69) is 252 Å². The van der Waals surface area contributed by atoms with E-state index in [-0.39, 0.29) is 5.92 Å². The normalized spacial score (nSPS) is 15.4. The highest BCUT2D eigenvalue weighted by Crippen LogP contribution is 2.48. The highest BCUT2D eigenvalue weighted by Gasteiger charge is 2.31. The average molecular weight is 791 g/mol. The molecule has 292 valence electrons. The summed E-state index contributed by atoms with van der Waals surface area (Å²) in [7, 11) is 0. The molecule has 0 saturated carbocycles. The number of hydrogen-bond donors (Lipinski definition) is 0. The second-order valence-electron chi connectivity index (χ2n) is 16.4. The Bertz CT molecular complexity index is 3420. The van der Waals surface area contributed by atoms with Gasteiger partial charge >= 0.3 is 0 Å². The van der Waals surface area contributed by atoms with Crippen molar-refractivity contribution in [2.75, 3.05) is 4.90 Å². The Hall–Kier alpha value is -7.94. The number of allylic oxidation sites excluding steroid dienone is 5. The van der Waals surface area contributed by atoms with Gasteiger partial charge in [-0.1, -0.05) is 188 Å². The zero-order valence-electron chi connectivity index (χ0n) is 34.1. The van der Waals surface area contributed by atoms with Crippen molar-refractivity contribution in [3.8, 4) is 39.1 Å². The van der Waals surface area contributed by atoms with E-state index in [1.165, 1.54) is 82.8 Å². The number of nitrogens with zero attached hydrogens (tertiary/aromatic N) is 2. The Morgan fingerprint density at radius 3 is 1.97 bits per heavy atom. The van der Waals surface area contributed by atoms with Gasteiger partial charge in [0.2, 0.25) is 0 Å². The fourth-order valence-corrected chi connectivity index (χ4v) is 10.0. The molecule has 0 aliphatic heterocycles. The summed E-state index contributed by atoms with van der Waals surface area (Å²) in [5.41, 5.74) is 16.8. The van der Waals surface area contributed by atoms with Crippen LogP contribution in [0.15, 0.2) is 243 Å². The van der Waals surface area contributed by atoms with Crippen LogP contribution in [0, 0.1) is 5.92 Å². The topological polar surface area (TPSA) is 8.17 Å². The molecule has 1 aromatic heterocycles. The predicted molar refractivity (Wildman–Crippen MR) is 262 cm³/mol. The molecular weight excluding hydrogens is 749 g/mol. The molecule has 0 spiro atoms. The molecule has 0 radical (unpaired) electrons. The molecule has 9 aromatic carbocycles. The molecule has 2 unspecified atom stereocenters. The first kappa shape index (κ1) is 36.0. The van der Waals surface area contributed by atoms with Crippen molar-refractivity contribution in [3.63, 3.8) is 0 Å². The maximum atomic E-state index is 2.50. The minimum atomic E-state index is 0.248. The van der Waals surface area contributed by atoms with E-state index in [1.807, 2.05) is 0 Å².